The number of carbonyl (C=O) groups is 1. The maximum Gasteiger partial charge on any atom is 0.500 e. The molecule has 0 unspecified atom stereocenters. The molecule has 8 nitrogen and oxygen atoms in total. The van der Waals surface area contributed by atoms with E-state index in [0.29, 0.717) is 44.5 Å². The van der Waals surface area contributed by atoms with E-state index in [-0.39, 0.29) is 16.7 Å². The number of anilines is 1. The van der Waals surface area contributed by atoms with Gasteiger partial charge < -0.3 is 28.7 Å². The number of nitrogens with one attached hydrogen (secondary N) is 2. The van der Waals surface area contributed by atoms with Gasteiger partial charge in [0.2, 0.25) is 5.91 Å². The lowest BCUT2D eigenvalue weighted by Gasteiger charge is -2.28. The molecule has 0 bridgehead atoms. The van der Waals surface area contributed by atoms with Crippen LogP contribution in [0.15, 0.2) is 66.7 Å². The number of aromatic hydroxyl groups is 1. The van der Waals surface area contributed by atoms with Crippen LogP contribution in [-0.2, 0) is 28.9 Å². The van der Waals surface area contributed by atoms with Crippen molar-refractivity contribution in [1.29, 1.82) is 0 Å². The van der Waals surface area contributed by atoms with Gasteiger partial charge in [-0.1, -0.05) is 84.0 Å². The van der Waals surface area contributed by atoms with Crippen molar-refractivity contribution < 1.29 is 23.2 Å². The highest BCUT2D eigenvalue weighted by Gasteiger charge is 2.39. The van der Waals surface area contributed by atoms with Crippen LogP contribution >= 0.6 is 0 Å². The summed E-state index contributed by atoms with van der Waals surface area (Å²) in [6.07, 6.45) is 0.949. The van der Waals surface area contributed by atoms with Crippen LogP contribution in [-0.4, -0.2) is 49.6 Å². The molecular weight excluding hydrogens is 619 g/mol. The van der Waals surface area contributed by atoms with Crippen molar-refractivity contribution in [3.63, 3.8) is 0 Å². The first kappa shape index (κ1) is 37.1. The van der Waals surface area contributed by atoms with E-state index in [4.69, 9.17) is 18.3 Å². The number of hydrogen-bond acceptors (Lipinski definition) is 6. The topological polar surface area (TPSA) is 106 Å². The second-order valence-electron chi connectivity index (χ2n) is 14.1. The highest BCUT2D eigenvalue weighted by atomic mass is 28.4. The monoisotopic (exact) mass is 671 g/mol. The SMILES string of the molecule is CCO[Si](CCCC(=O)Nc1ccc(-c2[nH]c(-c3cc(C(C)(C)C)c(O)c(C(C)(C)C)c3)nc2-c2ccccc2)cc1)(OCC)OCC. The number of phenolic OH excluding ortho intramolecular Hbond substituents is 1. The van der Waals surface area contributed by atoms with Crippen LogP contribution < -0.4 is 5.32 Å². The minimum Gasteiger partial charge on any atom is -0.507 e. The van der Waals surface area contributed by atoms with Gasteiger partial charge in [-0.2, -0.15) is 0 Å². The van der Waals surface area contributed by atoms with Crippen LogP contribution in [0.25, 0.3) is 33.9 Å². The van der Waals surface area contributed by atoms with Gasteiger partial charge in [-0.25, -0.2) is 4.98 Å². The van der Waals surface area contributed by atoms with Gasteiger partial charge in [0.05, 0.1) is 11.4 Å². The molecule has 0 aliphatic heterocycles. The number of amides is 1. The van der Waals surface area contributed by atoms with Crippen LogP contribution in [0.4, 0.5) is 5.69 Å². The number of nitrogens with zero attached hydrogens (tertiary/aromatic N) is 1. The number of aromatic amines is 1. The molecule has 0 saturated heterocycles. The molecule has 0 atom stereocenters. The number of H-pyrrole nitrogens is 1. The van der Waals surface area contributed by atoms with Gasteiger partial charge in [0.1, 0.15) is 11.6 Å². The number of imidazole rings is 1. The van der Waals surface area contributed by atoms with Crippen LogP contribution in [0.5, 0.6) is 5.75 Å². The molecule has 9 heteroatoms. The average Bonchev–Trinajstić information content (AvgIpc) is 3.47. The Morgan fingerprint density at radius 2 is 1.33 bits per heavy atom. The number of carbonyl (C=O) groups excluding carboxylic acids is 1. The molecule has 3 N–H and O–H groups in total. The lowest BCUT2D eigenvalue weighted by atomic mass is 9.78. The van der Waals surface area contributed by atoms with E-state index in [2.05, 4.69) is 64.0 Å². The second kappa shape index (κ2) is 15.6. The summed E-state index contributed by atoms with van der Waals surface area (Å²) in [4.78, 5) is 21.6. The average molecular weight is 672 g/mol. The zero-order valence-electron chi connectivity index (χ0n) is 30.1. The maximum atomic E-state index is 12.9. The van der Waals surface area contributed by atoms with E-state index in [9.17, 15) is 9.90 Å². The zero-order chi connectivity index (χ0) is 35.1. The summed E-state index contributed by atoms with van der Waals surface area (Å²) < 4.78 is 17.8. The van der Waals surface area contributed by atoms with Crippen LogP contribution in [0.3, 0.4) is 0 Å². The van der Waals surface area contributed by atoms with Gasteiger partial charge in [0, 0.05) is 65.8 Å². The molecule has 258 valence electrons. The Morgan fingerprint density at radius 1 is 0.792 bits per heavy atom. The summed E-state index contributed by atoms with van der Waals surface area (Å²) in [6.45, 7) is 20.0. The number of hydrogen-bond donors (Lipinski definition) is 3. The van der Waals surface area contributed by atoms with Crippen molar-refractivity contribution in [2.75, 3.05) is 25.1 Å². The van der Waals surface area contributed by atoms with Gasteiger partial charge in [-0.15, -0.1) is 0 Å². The van der Waals surface area contributed by atoms with E-state index in [1.54, 1.807) is 0 Å². The van der Waals surface area contributed by atoms with Crippen LogP contribution in [0, 0.1) is 0 Å². The van der Waals surface area contributed by atoms with Crippen molar-refractivity contribution in [2.45, 2.75) is 92.0 Å². The predicted molar refractivity (Wildman–Crippen MR) is 197 cm³/mol. The van der Waals surface area contributed by atoms with Gasteiger partial charge in [0.25, 0.3) is 0 Å². The summed E-state index contributed by atoms with van der Waals surface area (Å²) in [5.41, 5.74) is 6.50. The molecule has 0 saturated carbocycles. The molecule has 0 radical (unpaired) electrons. The Morgan fingerprint density at radius 3 is 1.83 bits per heavy atom. The van der Waals surface area contributed by atoms with E-state index in [1.165, 1.54) is 0 Å². The van der Waals surface area contributed by atoms with Crippen molar-refractivity contribution >= 4 is 20.4 Å². The molecule has 48 heavy (non-hydrogen) atoms. The molecule has 1 amide bonds. The normalized spacial score (nSPS) is 12.4. The Hall–Kier alpha value is -3.76. The first-order valence-electron chi connectivity index (χ1n) is 17.1. The van der Waals surface area contributed by atoms with Gasteiger partial charge >= 0.3 is 8.80 Å². The van der Waals surface area contributed by atoms with E-state index >= 15 is 0 Å². The number of benzene rings is 3. The van der Waals surface area contributed by atoms with Gasteiger partial charge in [-0.05, 0) is 62.3 Å². The number of phenols is 1. The van der Waals surface area contributed by atoms with Crippen LogP contribution in [0.2, 0.25) is 6.04 Å². The minimum atomic E-state index is -2.79. The fraction of sp³-hybridized carbons (Fsp3) is 0.436. The first-order chi connectivity index (χ1) is 22.7. The minimum absolute atomic E-state index is 0.0689. The Kier molecular flexibility index (Phi) is 12.1. The Balaban J connectivity index is 1.61. The lowest BCUT2D eigenvalue weighted by molar-refractivity contribution is -0.116. The third kappa shape index (κ3) is 9.02. The highest BCUT2D eigenvalue weighted by Crippen LogP contribution is 2.42. The zero-order valence-corrected chi connectivity index (χ0v) is 31.1. The number of rotatable bonds is 14. The summed E-state index contributed by atoms with van der Waals surface area (Å²) in [5.74, 6) is 0.995. The molecule has 0 spiro atoms. The largest absolute Gasteiger partial charge is 0.507 e. The third-order valence-corrected chi connectivity index (χ3v) is 11.3. The molecule has 4 rings (SSSR count). The van der Waals surface area contributed by atoms with Crippen LogP contribution in [0.1, 0.15) is 86.3 Å². The summed E-state index contributed by atoms with van der Waals surface area (Å²) in [6, 6.07) is 22.6. The molecule has 1 heterocycles. The van der Waals surface area contributed by atoms with Crippen molar-refractivity contribution in [2.24, 2.45) is 0 Å². The lowest BCUT2D eigenvalue weighted by Crippen LogP contribution is -2.46. The Labute approximate surface area is 287 Å². The fourth-order valence-electron chi connectivity index (χ4n) is 5.85. The first-order valence-corrected chi connectivity index (χ1v) is 19.0. The molecule has 4 aromatic rings. The van der Waals surface area contributed by atoms with Gasteiger partial charge in [-0.3, -0.25) is 4.79 Å². The summed E-state index contributed by atoms with van der Waals surface area (Å²) in [7, 11) is -2.79. The Bertz CT molecular complexity index is 1600. The quantitative estimate of drug-likeness (QED) is 0.115. The third-order valence-electron chi connectivity index (χ3n) is 8.19. The second-order valence-corrected chi connectivity index (χ2v) is 16.8. The predicted octanol–water partition coefficient (Wildman–Crippen LogP) is 9.48. The fourth-order valence-corrected chi connectivity index (χ4v) is 8.46. The number of aromatic nitrogens is 2. The molecule has 3 aromatic carbocycles. The van der Waals surface area contributed by atoms with Crippen molar-refractivity contribution in [1.82, 2.24) is 9.97 Å². The summed E-state index contributed by atoms with van der Waals surface area (Å²) in [5, 5.41) is 14.3. The van der Waals surface area contributed by atoms with E-state index in [1.807, 2.05) is 75.4 Å². The van der Waals surface area contributed by atoms with E-state index in [0.717, 1.165) is 50.7 Å². The molecule has 0 aliphatic carbocycles. The van der Waals surface area contributed by atoms with E-state index < -0.39 is 8.80 Å². The van der Waals surface area contributed by atoms with Crippen molar-refractivity contribution in [3.8, 4) is 39.7 Å². The van der Waals surface area contributed by atoms with Crippen molar-refractivity contribution in [3.05, 3.63) is 77.9 Å². The smallest absolute Gasteiger partial charge is 0.500 e. The molecule has 0 aliphatic rings. The standard InChI is InChI=1S/C39H53N3O5Si/c1-10-45-48(46-11-2,47-12-3)24-16-19-33(43)40-30-22-20-28(21-23-30)35-34(27-17-14-13-15-18-27)41-37(42-35)29-25-31(38(4,5)6)36(44)32(26-29)39(7,8)9/h13-15,17-18,20-23,25-26,44H,10-12,16,19,24H2,1-9H3,(H,40,43)(H,41,42). The molecule has 0 fully saturated rings. The molecular formula is C39H53N3O5Si. The molecule has 1 aromatic heterocycles. The van der Waals surface area contributed by atoms with Gasteiger partial charge in [0.15, 0.2) is 0 Å². The summed E-state index contributed by atoms with van der Waals surface area (Å²) >= 11 is 0. The highest BCUT2D eigenvalue weighted by molar-refractivity contribution is 6.60. The maximum absolute atomic E-state index is 12.9.